The Balaban J connectivity index is 1.92. The Morgan fingerprint density at radius 1 is 1.16 bits per heavy atom. The summed E-state index contributed by atoms with van der Waals surface area (Å²) in [7, 11) is 0. The molecule has 0 atom stereocenters. The van der Waals surface area contributed by atoms with Gasteiger partial charge in [0.15, 0.2) is 0 Å². The summed E-state index contributed by atoms with van der Waals surface area (Å²) < 4.78 is 25.9. The molecule has 0 unspecified atom stereocenters. The maximum Gasteiger partial charge on any atom is 0.239 e. The van der Waals surface area contributed by atoms with E-state index in [1.165, 1.54) is 12.1 Å². The minimum atomic E-state index is -0.577. The van der Waals surface area contributed by atoms with Crippen molar-refractivity contribution in [2.24, 2.45) is 5.84 Å². The quantitative estimate of drug-likeness (QED) is 0.566. The fraction of sp³-hybridized carbons (Fsp3) is 0.167. The highest BCUT2D eigenvalue weighted by Crippen LogP contribution is 2.09. The molecule has 1 aromatic carbocycles. The van der Waals surface area contributed by atoms with Crippen LogP contribution in [0.3, 0.4) is 0 Å². The lowest BCUT2D eigenvalue weighted by Crippen LogP contribution is -2.12. The summed E-state index contributed by atoms with van der Waals surface area (Å²) in [4.78, 5) is 7.91. The fourth-order valence-electron chi connectivity index (χ4n) is 1.62. The van der Waals surface area contributed by atoms with Crippen LogP contribution in [0.4, 0.5) is 20.5 Å². The third-order valence-corrected chi connectivity index (χ3v) is 2.43. The van der Waals surface area contributed by atoms with Gasteiger partial charge in [-0.2, -0.15) is 4.98 Å². The molecule has 0 bridgehead atoms. The zero-order valence-electron chi connectivity index (χ0n) is 10.0. The number of rotatable bonds is 5. The largest absolute Gasteiger partial charge is 0.370 e. The van der Waals surface area contributed by atoms with E-state index < -0.39 is 11.6 Å². The fourth-order valence-corrected chi connectivity index (χ4v) is 1.62. The number of nitrogens with two attached hydrogens (primary N) is 1. The zero-order chi connectivity index (χ0) is 13.7. The number of halogens is 2. The van der Waals surface area contributed by atoms with Crippen molar-refractivity contribution in [3.05, 3.63) is 47.7 Å². The molecule has 100 valence electrons. The number of nitrogens with zero attached hydrogens (tertiary/aromatic N) is 2. The molecule has 19 heavy (non-hydrogen) atoms. The molecular formula is C12H13F2N5. The van der Waals surface area contributed by atoms with E-state index in [-0.39, 0.29) is 0 Å². The number of hydrogen-bond donors (Lipinski definition) is 3. The second kappa shape index (κ2) is 6.05. The topological polar surface area (TPSA) is 75.9 Å². The molecule has 0 amide bonds. The van der Waals surface area contributed by atoms with Crippen LogP contribution in [0.2, 0.25) is 0 Å². The summed E-state index contributed by atoms with van der Waals surface area (Å²) >= 11 is 0. The van der Waals surface area contributed by atoms with Gasteiger partial charge in [-0.15, -0.1) is 0 Å². The predicted octanol–water partition coefficient (Wildman–Crippen LogP) is 1.69. The Morgan fingerprint density at radius 3 is 2.58 bits per heavy atom. The van der Waals surface area contributed by atoms with Crippen molar-refractivity contribution in [1.82, 2.24) is 9.97 Å². The van der Waals surface area contributed by atoms with Crippen molar-refractivity contribution in [1.29, 1.82) is 0 Å². The van der Waals surface area contributed by atoms with Gasteiger partial charge in [-0.1, -0.05) is 0 Å². The van der Waals surface area contributed by atoms with Gasteiger partial charge >= 0.3 is 0 Å². The maximum atomic E-state index is 13.0. The van der Waals surface area contributed by atoms with Gasteiger partial charge in [0.2, 0.25) is 5.95 Å². The number of hydrazine groups is 1. The van der Waals surface area contributed by atoms with E-state index in [2.05, 4.69) is 20.7 Å². The average molecular weight is 265 g/mol. The monoisotopic (exact) mass is 265 g/mol. The molecule has 0 saturated carbocycles. The van der Waals surface area contributed by atoms with E-state index in [9.17, 15) is 8.78 Å². The predicted molar refractivity (Wildman–Crippen MR) is 68.4 cm³/mol. The molecule has 1 aromatic heterocycles. The standard InChI is InChI=1S/C12H13F2N5/c13-9-5-8(6-10(14)7-9)1-3-16-11-2-4-17-12(18-11)19-15/h2,4-7H,1,3,15H2,(H2,16,17,18,19). The van der Waals surface area contributed by atoms with Crippen molar-refractivity contribution in [2.75, 3.05) is 17.3 Å². The van der Waals surface area contributed by atoms with Crippen LogP contribution in [0.15, 0.2) is 30.5 Å². The maximum absolute atomic E-state index is 13.0. The van der Waals surface area contributed by atoms with E-state index in [1.54, 1.807) is 12.3 Å². The molecule has 0 spiro atoms. The van der Waals surface area contributed by atoms with Gasteiger partial charge in [-0.05, 0) is 30.2 Å². The van der Waals surface area contributed by atoms with Crippen molar-refractivity contribution in [3.63, 3.8) is 0 Å². The molecule has 2 rings (SSSR count). The highest BCUT2D eigenvalue weighted by molar-refractivity contribution is 5.39. The number of hydrogen-bond acceptors (Lipinski definition) is 5. The van der Waals surface area contributed by atoms with Gasteiger partial charge in [0, 0.05) is 18.8 Å². The first kappa shape index (κ1) is 13.2. The number of benzene rings is 1. The lowest BCUT2D eigenvalue weighted by atomic mass is 10.1. The first-order valence-corrected chi connectivity index (χ1v) is 5.66. The third-order valence-electron chi connectivity index (χ3n) is 2.43. The molecule has 0 radical (unpaired) electrons. The minimum absolute atomic E-state index is 0.293. The number of aromatic nitrogens is 2. The van der Waals surface area contributed by atoms with Gasteiger partial charge in [0.25, 0.3) is 0 Å². The molecule has 2 aromatic rings. The molecule has 4 N–H and O–H groups in total. The molecule has 1 heterocycles. The van der Waals surface area contributed by atoms with Crippen molar-refractivity contribution >= 4 is 11.8 Å². The van der Waals surface area contributed by atoms with Crippen molar-refractivity contribution in [2.45, 2.75) is 6.42 Å². The molecule has 0 fully saturated rings. The van der Waals surface area contributed by atoms with Crippen LogP contribution in [-0.4, -0.2) is 16.5 Å². The second-order valence-corrected chi connectivity index (χ2v) is 3.86. The Bertz CT molecular complexity index is 541. The van der Waals surface area contributed by atoms with Crippen LogP contribution in [0.25, 0.3) is 0 Å². The summed E-state index contributed by atoms with van der Waals surface area (Å²) in [5, 5.41) is 3.02. The number of nitrogens with one attached hydrogen (secondary N) is 2. The molecule has 7 heteroatoms. The van der Waals surface area contributed by atoms with Gasteiger partial charge in [0.1, 0.15) is 17.5 Å². The molecule has 0 aliphatic carbocycles. The van der Waals surface area contributed by atoms with Crippen molar-refractivity contribution in [3.8, 4) is 0 Å². The second-order valence-electron chi connectivity index (χ2n) is 3.86. The summed E-state index contributed by atoms with van der Waals surface area (Å²) in [5.41, 5.74) is 2.91. The van der Waals surface area contributed by atoms with Crippen LogP contribution in [0, 0.1) is 11.6 Å². The highest BCUT2D eigenvalue weighted by Gasteiger charge is 2.01. The van der Waals surface area contributed by atoms with E-state index in [1.807, 2.05) is 0 Å². The first-order valence-electron chi connectivity index (χ1n) is 5.66. The minimum Gasteiger partial charge on any atom is -0.370 e. The SMILES string of the molecule is NNc1nccc(NCCc2cc(F)cc(F)c2)n1. The Kier molecular flexibility index (Phi) is 4.19. The summed E-state index contributed by atoms with van der Waals surface area (Å²) in [6, 6.07) is 5.13. The van der Waals surface area contributed by atoms with Gasteiger partial charge in [0.05, 0.1) is 0 Å². The van der Waals surface area contributed by atoms with Crippen LogP contribution < -0.4 is 16.6 Å². The van der Waals surface area contributed by atoms with Crippen molar-refractivity contribution < 1.29 is 8.78 Å². The van der Waals surface area contributed by atoms with Crippen LogP contribution in [0.5, 0.6) is 0 Å². The molecule has 0 aliphatic rings. The molecular weight excluding hydrogens is 252 g/mol. The highest BCUT2D eigenvalue weighted by atomic mass is 19.1. The van der Waals surface area contributed by atoms with E-state index in [0.29, 0.717) is 30.3 Å². The van der Waals surface area contributed by atoms with E-state index in [4.69, 9.17) is 5.84 Å². The summed E-state index contributed by atoms with van der Waals surface area (Å²) in [6.45, 7) is 0.490. The number of nitrogen functional groups attached to an aromatic ring is 1. The van der Waals surface area contributed by atoms with Gasteiger partial charge in [-0.3, -0.25) is 5.43 Å². The summed E-state index contributed by atoms with van der Waals surface area (Å²) in [5.74, 6) is 4.91. The summed E-state index contributed by atoms with van der Waals surface area (Å²) in [6.07, 6.45) is 2.02. The Hall–Kier alpha value is -2.28. The van der Waals surface area contributed by atoms with Gasteiger partial charge < -0.3 is 5.32 Å². The van der Waals surface area contributed by atoms with Crippen LogP contribution >= 0.6 is 0 Å². The van der Waals surface area contributed by atoms with Crippen LogP contribution in [0.1, 0.15) is 5.56 Å². The third kappa shape index (κ3) is 3.85. The smallest absolute Gasteiger partial charge is 0.239 e. The van der Waals surface area contributed by atoms with E-state index >= 15 is 0 Å². The molecule has 5 nitrogen and oxygen atoms in total. The number of anilines is 2. The van der Waals surface area contributed by atoms with Crippen LogP contribution in [-0.2, 0) is 6.42 Å². The normalized spacial score (nSPS) is 10.3. The zero-order valence-corrected chi connectivity index (χ0v) is 10.0. The molecule has 0 aliphatic heterocycles. The average Bonchev–Trinajstić information content (AvgIpc) is 2.38. The van der Waals surface area contributed by atoms with Gasteiger partial charge in [-0.25, -0.2) is 19.6 Å². The lowest BCUT2D eigenvalue weighted by molar-refractivity contribution is 0.580. The Morgan fingerprint density at radius 2 is 1.89 bits per heavy atom. The lowest BCUT2D eigenvalue weighted by Gasteiger charge is -2.07. The first-order chi connectivity index (χ1) is 9.17. The van der Waals surface area contributed by atoms with E-state index in [0.717, 1.165) is 6.07 Å². The Labute approximate surface area is 108 Å². The molecule has 0 saturated heterocycles.